The van der Waals surface area contributed by atoms with Crippen LogP contribution in [0.25, 0.3) is 11.0 Å². The molecular formula is C15H14ClN3O2S. The number of hydrogen-bond acceptors (Lipinski definition) is 5. The van der Waals surface area contributed by atoms with Crippen LogP contribution in [0.15, 0.2) is 32.6 Å². The van der Waals surface area contributed by atoms with E-state index in [-0.39, 0.29) is 5.63 Å². The number of aryl methyl sites for hydroxylation is 2. The topological polar surface area (TPSA) is 60.9 Å². The predicted molar refractivity (Wildman–Crippen MR) is 87.5 cm³/mol. The average molecular weight is 336 g/mol. The van der Waals surface area contributed by atoms with Gasteiger partial charge in [-0.15, -0.1) is 10.2 Å². The number of nitrogens with zero attached hydrogens (tertiary/aromatic N) is 3. The van der Waals surface area contributed by atoms with Crippen molar-refractivity contribution < 1.29 is 4.42 Å². The molecule has 0 atom stereocenters. The van der Waals surface area contributed by atoms with E-state index in [0.717, 1.165) is 27.5 Å². The highest BCUT2D eigenvalue weighted by Crippen LogP contribution is 2.29. The highest BCUT2D eigenvalue weighted by atomic mass is 35.5. The van der Waals surface area contributed by atoms with Crippen LogP contribution >= 0.6 is 23.4 Å². The molecule has 0 radical (unpaired) electrons. The summed E-state index contributed by atoms with van der Waals surface area (Å²) in [7, 11) is 1.91. The zero-order chi connectivity index (χ0) is 15.9. The Labute approximate surface area is 136 Å². The molecule has 3 aromatic rings. The van der Waals surface area contributed by atoms with Crippen LogP contribution in [0.2, 0.25) is 5.02 Å². The molecule has 0 aliphatic heterocycles. The lowest BCUT2D eigenvalue weighted by Gasteiger charge is -2.07. The zero-order valence-corrected chi connectivity index (χ0v) is 14.0. The van der Waals surface area contributed by atoms with Crippen molar-refractivity contribution in [3.63, 3.8) is 0 Å². The molecule has 0 aliphatic rings. The molecule has 7 heteroatoms. The van der Waals surface area contributed by atoms with E-state index in [9.17, 15) is 4.79 Å². The molecule has 0 amide bonds. The second-order valence-electron chi connectivity index (χ2n) is 5.07. The molecule has 5 nitrogen and oxygen atoms in total. The van der Waals surface area contributed by atoms with Crippen LogP contribution in [-0.2, 0) is 12.8 Å². The van der Waals surface area contributed by atoms with Crippen LogP contribution in [0, 0.1) is 13.8 Å². The maximum absolute atomic E-state index is 11.7. The van der Waals surface area contributed by atoms with E-state index in [1.54, 1.807) is 6.07 Å². The highest BCUT2D eigenvalue weighted by molar-refractivity contribution is 7.98. The molecular weight excluding hydrogens is 322 g/mol. The molecule has 114 valence electrons. The number of fused-ring (bicyclic) bond motifs is 1. The maximum Gasteiger partial charge on any atom is 0.336 e. The third-order valence-corrected chi connectivity index (χ3v) is 5.00. The minimum atomic E-state index is -0.362. The van der Waals surface area contributed by atoms with E-state index in [2.05, 4.69) is 10.2 Å². The summed E-state index contributed by atoms with van der Waals surface area (Å²) in [4.78, 5) is 11.7. The molecule has 3 rings (SSSR count). The fourth-order valence-electron chi connectivity index (χ4n) is 2.12. The summed E-state index contributed by atoms with van der Waals surface area (Å²) in [6.45, 7) is 3.78. The van der Waals surface area contributed by atoms with Crippen molar-refractivity contribution in [3.05, 3.63) is 50.6 Å². The van der Waals surface area contributed by atoms with E-state index >= 15 is 0 Å². The Kier molecular flexibility index (Phi) is 3.97. The van der Waals surface area contributed by atoms with Crippen LogP contribution in [0.3, 0.4) is 0 Å². The van der Waals surface area contributed by atoms with Crippen LogP contribution in [0.4, 0.5) is 0 Å². The largest absolute Gasteiger partial charge is 0.423 e. The molecule has 0 saturated heterocycles. The third-order valence-electron chi connectivity index (χ3n) is 3.52. The monoisotopic (exact) mass is 335 g/mol. The minimum Gasteiger partial charge on any atom is -0.423 e. The Balaban J connectivity index is 2.01. The Morgan fingerprint density at radius 1 is 1.27 bits per heavy atom. The smallest absolute Gasteiger partial charge is 0.336 e. The van der Waals surface area contributed by atoms with Gasteiger partial charge in [0.25, 0.3) is 0 Å². The first-order chi connectivity index (χ1) is 10.5. The average Bonchev–Trinajstić information content (AvgIpc) is 2.78. The summed E-state index contributed by atoms with van der Waals surface area (Å²) in [6.07, 6.45) is 0. The maximum atomic E-state index is 11.7. The van der Waals surface area contributed by atoms with Gasteiger partial charge in [-0.05, 0) is 37.1 Å². The van der Waals surface area contributed by atoms with Gasteiger partial charge in [-0.3, -0.25) is 0 Å². The van der Waals surface area contributed by atoms with Gasteiger partial charge in [-0.25, -0.2) is 4.79 Å². The van der Waals surface area contributed by atoms with Crippen molar-refractivity contribution in [1.29, 1.82) is 0 Å². The van der Waals surface area contributed by atoms with E-state index in [1.807, 2.05) is 31.5 Å². The van der Waals surface area contributed by atoms with Crippen molar-refractivity contribution in [3.8, 4) is 0 Å². The van der Waals surface area contributed by atoms with Crippen LogP contribution < -0.4 is 5.63 Å². The first kappa shape index (κ1) is 15.1. The van der Waals surface area contributed by atoms with E-state index in [0.29, 0.717) is 16.4 Å². The Hall–Kier alpha value is -1.79. The van der Waals surface area contributed by atoms with Crippen molar-refractivity contribution in [2.75, 3.05) is 0 Å². The van der Waals surface area contributed by atoms with Crippen LogP contribution in [0.1, 0.15) is 17.0 Å². The minimum absolute atomic E-state index is 0.362. The second kappa shape index (κ2) is 5.78. The van der Waals surface area contributed by atoms with Gasteiger partial charge in [0, 0.05) is 29.3 Å². The lowest BCUT2D eigenvalue weighted by molar-refractivity contribution is 0.559. The second-order valence-corrected chi connectivity index (χ2v) is 6.42. The fraction of sp³-hybridized carbons (Fsp3) is 0.267. The van der Waals surface area contributed by atoms with Gasteiger partial charge >= 0.3 is 5.63 Å². The molecule has 0 fully saturated rings. The molecule has 0 unspecified atom stereocenters. The quantitative estimate of drug-likeness (QED) is 0.541. The number of benzene rings is 1. The molecule has 2 aromatic heterocycles. The van der Waals surface area contributed by atoms with Crippen molar-refractivity contribution in [2.24, 2.45) is 7.05 Å². The number of rotatable bonds is 3. The molecule has 0 saturated carbocycles. The Morgan fingerprint density at radius 2 is 2.05 bits per heavy atom. The van der Waals surface area contributed by atoms with Crippen LogP contribution in [-0.4, -0.2) is 14.8 Å². The van der Waals surface area contributed by atoms with Crippen molar-refractivity contribution in [1.82, 2.24) is 14.8 Å². The first-order valence-corrected chi connectivity index (χ1v) is 8.03. The van der Waals surface area contributed by atoms with Gasteiger partial charge in [0.1, 0.15) is 11.4 Å². The summed E-state index contributed by atoms with van der Waals surface area (Å²) in [5.74, 6) is 1.44. The number of aromatic nitrogens is 3. The summed E-state index contributed by atoms with van der Waals surface area (Å²) in [5.41, 5.74) is 1.95. The lowest BCUT2D eigenvalue weighted by Crippen LogP contribution is -2.01. The van der Waals surface area contributed by atoms with Gasteiger partial charge in [0.15, 0.2) is 5.16 Å². The zero-order valence-electron chi connectivity index (χ0n) is 12.4. The van der Waals surface area contributed by atoms with E-state index in [1.165, 1.54) is 17.8 Å². The van der Waals surface area contributed by atoms with E-state index < -0.39 is 0 Å². The van der Waals surface area contributed by atoms with Gasteiger partial charge in [0.05, 0.1) is 0 Å². The van der Waals surface area contributed by atoms with Gasteiger partial charge < -0.3 is 8.98 Å². The third kappa shape index (κ3) is 2.76. The standard InChI is InChI=1S/C15H14ClN3O2S/c1-8-4-13-11(6-12(8)16)10(5-14(20)21-13)7-22-15-18-17-9(2)19(15)3/h4-6H,7H2,1-3H3. The summed E-state index contributed by atoms with van der Waals surface area (Å²) < 4.78 is 7.17. The summed E-state index contributed by atoms with van der Waals surface area (Å²) in [5, 5.41) is 10.4. The van der Waals surface area contributed by atoms with Crippen molar-refractivity contribution in [2.45, 2.75) is 24.8 Å². The SMILES string of the molecule is Cc1cc2oc(=O)cc(CSc3nnc(C)n3C)c2cc1Cl. The van der Waals surface area contributed by atoms with Gasteiger partial charge in [-0.1, -0.05) is 23.4 Å². The molecule has 2 heterocycles. The Bertz CT molecular complexity index is 917. The number of hydrogen-bond donors (Lipinski definition) is 0. The lowest BCUT2D eigenvalue weighted by atomic mass is 10.1. The summed E-state index contributed by atoms with van der Waals surface area (Å²) in [6, 6.07) is 5.14. The molecule has 0 bridgehead atoms. The van der Waals surface area contributed by atoms with Gasteiger partial charge in [0.2, 0.25) is 0 Å². The normalized spacial score (nSPS) is 11.3. The van der Waals surface area contributed by atoms with Gasteiger partial charge in [-0.2, -0.15) is 0 Å². The number of thioether (sulfide) groups is 1. The number of halogens is 1. The molecule has 22 heavy (non-hydrogen) atoms. The molecule has 0 spiro atoms. The molecule has 1 aromatic carbocycles. The fourth-order valence-corrected chi connectivity index (χ4v) is 3.23. The predicted octanol–water partition coefficient (Wildman–Crippen LogP) is 3.48. The van der Waals surface area contributed by atoms with Crippen molar-refractivity contribution >= 4 is 34.3 Å². The summed E-state index contributed by atoms with van der Waals surface area (Å²) >= 11 is 7.71. The molecule has 0 aliphatic carbocycles. The molecule has 0 N–H and O–H groups in total. The highest BCUT2D eigenvalue weighted by Gasteiger charge is 2.11. The Morgan fingerprint density at radius 3 is 2.73 bits per heavy atom. The van der Waals surface area contributed by atoms with E-state index in [4.69, 9.17) is 16.0 Å². The first-order valence-electron chi connectivity index (χ1n) is 6.67. The van der Waals surface area contributed by atoms with Crippen LogP contribution in [0.5, 0.6) is 0 Å².